The van der Waals surface area contributed by atoms with E-state index in [9.17, 15) is 19.2 Å². The van der Waals surface area contributed by atoms with Crippen molar-refractivity contribution in [3.63, 3.8) is 0 Å². The summed E-state index contributed by atoms with van der Waals surface area (Å²) in [5.41, 5.74) is 11.2. The summed E-state index contributed by atoms with van der Waals surface area (Å²) in [7, 11) is 0. The van der Waals surface area contributed by atoms with Crippen molar-refractivity contribution in [3.8, 4) is 0 Å². The molecule has 0 unspecified atom stereocenters. The lowest BCUT2D eigenvalue weighted by Gasteiger charge is -2.36. The second-order valence-electron chi connectivity index (χ2n) is 15.3. The smallest absolute Gasteiger partial charge is 0.410 e. The number of carbonyl (C=O) groups is 4. The van der Waals surface area contributed by atoms with Gasteiger partial charge in [-0.05, 0) is 88.9 Å². The number of rotatable bonds is 8. The van der Waals surface area contributed by atoms with E-state index in [0.717, 1.165) is 103 Å². The second-order valence-corrected chi connectivity index (χ2v) is 15.3. The van der Waals surface area contributed by atoms with Crippen LogP contribution in [0.15, 0.2) is 0 Å². The van der Waals surface area contributed by atoms with Crippen molar-refractivity contribution in [2.24, 2.45) is 23.3 Å². The lowest BCUT2D eigenvalue weighted by Crippen LogP contribution is -2.51. The summed E-state index contributed by atoms with van der Waals surface area (Å²) in [4.78, 5) is 62.6. The second kappa shape index (κ2) is 19.2. The number of amides is 4. The van der Waals surface area contributed by atoms with Crippen LogP contribution in [0.2, 0.25) is 0 Å². The van der Waals surface area contributed by atoms with E-state index in [2.05, 4.69) is 0 Å². The van der Waals surface area contributed by atoms with E-state index in [4.69, 9.17) is 31.8 Å². The summed E-state index contributed by atoms with van der Waals surface area (Å²) in [6.07, 6.45) is 10.0. The number of hydrogen-bond donors (Lipinski definition) is 4. The number of carbonyl (C=O) groups excluding carboxylic acids is 4. The monoisotopic (exact) mass is 730 g/mol. The van der Waals surface area contributed by atoms with Crippen molar-refractivity contribution < 1.29 is 28.7 Å². The first kappa shape index (κ1) is 39.2. The van der Waals surface area contributed by atoms with Gasteiger partial charge >= 0.3 is 12.2 Å². The lowest BCUT2D eigenvalue weighted by molar-refractivity contribution is -0.133. The summed E-state index contributed by atoms with van der Waals surface area (Å²) in [5, 5.41) is 15.2. The molecule has 0 radical (unpaired) electrons. The maximum Gasteiger partial charge on any atom is 0.410 e. The van der Waals surface area contributed by atoms with E-state index in [0.29, 0.717) is 77.0 Å². The van der Waals surface area contributed by atoms with Gasteiger partial charge in [0.1, 0.15) is 12.2 Å². The Labute approximate surface area is 308 Å². The van der Waals surface area contributed by atoms with Crippen LogP contribution in [-0.4, -0.2) is 156 Å². The van der Waals surface area contributed by atoms with E-state index in [1.54, 1.807) is 9.80 Å². The van der Waals surface area contributed by atoms with E-state index in [1.165, 1.54) is 0 Å². The molecule has 1 aliphatic carbocycles. The van der Waals surface area contributed by atoms with E-state index in [-0.39, 0.29) is 48.1 Å². The molecule has 1 saturated carbocycles. The van der Waals surface area contributed by atoms with Crippen molar-refractivity contribution in [2.45, 2.75) is 102 Å². The molecule has 0 aromatic carbocycles. The van der Waals surface area contributed by atoms with Crippen LogP contribution in [-0.2, 0) is 19.1 Å². The number of nitrogens with zero attached hydrogens (tertiary/aromatic N) is 6. The van der Waals surface area contributed by atoms with Gasteiger partial charge < -0.3 is 50.3 Å². The van der Waals surface area contributed by atoms with Crippen LogP contribution in [0.1, 0.15) is 89.9 Å². The molecule has 0 aromatic rings. The van der Waals surface area contributed by atoms with Gasteiger partial charge in [0.05, 0.1) is 0 Å². The van der Waals surface area contributed by atoms with Crippen LogP contribution < -0.4 is 11.5 Å². The van der Waals surface area contributed by atoms with Gasteiger partial charge in [0.15, 0.2) is 11.9 Å². The Hall–Kier alpha value is -3.98. The SMILES string of the molecule is N=C(N)N1CCC(CCC(=O)N2CCN(C(=O)O[C@H]3CCC[C@@H](OC(=O)N4CCN(C(=O)CCC5CCN(C(=N)N)CC5)CC4)CCC3)CC2)CC1. The normalized spacial score (nSPS) is 24.2. The lowest BCUT2D eigenvalue weighted by atomic mass is 9.92. The molecule has 4 aliphatic heterocycles. The zero-order valence-corrected chi connectivity index (χ0v) is 31.0. The summed E-state index contributed by atoms with van der Waals surface area (Å²) < 4.78 is 11.8. The minimum Gasteiger partial charge on any atom is -0.446 e. The molecule has 5 aliphatic rings. The Morgan fingerprint density at radius 1 is 0.462 bits per heavy atom. The first-order valence-electron chi connectivity index (χ1n) is 19.7. The molecular weight excluding hydrogens is 668 g/mol. The van der Waals surface area contributed by atoms with Crippen molar-refractivity contribution in [1.29, 1.82) is 10.8 Å². The maximum atomic E-state index is 13.0. The topological polar surface area (TPSA) is 206 Å². The Balaban J connectivity index is 0.912. The first-order valence-corrected chi connectivity index (χ1v) is 19.7. The van der Waals surface area contributed by atoms with Gasteiger partial charge in [0, 0.05) is 91.4 Å². The minimum absolute atomic E-state index is 0.122. The molecule has 0 bridgehead atoms. The largest absolute Gasteiger partial charge is 0.446 e. The summed E-state index contributed by atoms with van der Waals surface area (Å²) in [6, 6.07) is 0. The summed E-state index contributed by atoms with van der Waals surface area (Å²) >= 11 is 0. The van der Waals surface area contributed by atoms with Gasteiger partial charge in [0.25, 0.3) is 0 Å². The van der Waals surface area contributed by atoms with E-state index >= 15 is 0 Å². The van der Waals surface area contributed by atoms with Crippen LogP contribution in [0.4, 0.5) is 9.59 Å². The molecule has 16 nitrogen and oxygen atoms in total. The molecular formula is C36H62N10O6. The molecule has 292 valence electrons. The zero-order chi connectivity index (χ0) is 37.0. The number of ether oxygens (including phenoxy) is 2. The number of piperidine rings is 2. The molecule has 16 heteroatoms. The van der Waals surface area contributed by atoms with E-state index in [1.807, 2.05) is 19.6 Å². The molecule has 4 saturated heterocycles. The third-order valence-electron chi connectivity index (χ3n) is 11.9. The average molecular weight is 731 g/mol. The summed E-state index contributed by atoms with van der Waals surface area (Å²) in [5.74, 6) is 1.48. The fourth-order valence-corrected chi connectivity index (χ4v) is 8.28. The average Bonchev–Trinajstić information content (AvgIpc) is 3.15. The number of piperazine rings is 2. The highest BCUT2D eigenvalue weighted by Crippen LogP contribution is 2.26. The van der Waals surface area contributed by atoms with Crippen LogP contribution in [0, 0.1) is 22.7 Å². The molecule has 4 heterocycles. The van der Waals surface area contributed by atoms with Gasteiger partial charge in [-0.15, -0.1) is 0 Å². The summed E-state index contributed by atoms with van der Waals surface area (Å²) in [6.45, 7) is 7.06. The highest BCUT2D eigenvalue weighted by Gasteiger charge is 2.31. The van der Waals surface area contributed by atoms with Crippen molar-refractivity contribution in [3.05, 3.63) is 0 Å². The molecule has 0 atom stereocenters. The van der Waals surface area contributed by atoms with Gasteiger partial charge in [-0.25, -0.2) is 9.59 Å². The third kappa shape index (κ3) is 11.5. The number of hydrogen-bond acceptors (Lipinski definition) is 8. The highest BCUT2D eigenvalue weighted by atomic mass is 16.6. The maximum absolute atomic E-state index is 13.0. The van der Waals surface area contributed by atoms with Crippen molar-refractivity contribution in [1.82, 2.24) is 29.4 Å². The molecule has 6 N–H and O–H groups in total. The molecule has 4 amide bonds. The Morgan fingerprint density at radius 3 is 1.08 bits per heavy atom. The highest BCUT2D eigenvalue weighted by molar-refractivity contribution is 5.78. The number of likely N-dealkylation sites (tertiary alicyclic amines) is 2. The van der Waals surface area contributed by atoms with Crippen molar-refractivity contribution in [2.75, 3.05) is 78.5 Å². The minimum atomic E-state index is -0.314. The van der Waals surface area contributed by atoms with Crippen LogP contribution in [0.5, 0.6) is 0 Å². The van der Waals surface area contributed by atoms with Gasteiger partial charge in [0.2, 0.25) is 11.8 Å². The zero-order valence-electron chi connectivity index (χ0n) is 31.0. The Kier molecular flexibility index (Phi) is 14.5. The number of nitrogens with one attached hydrogen (secondary N) is 2. The Bertz CT molecular complexity index is 1140. The fraction of sp³-hybridized carbons (Fsp3) is 0.833. The molecule has 0 aromatic heterocycles. The molecule has 5 rings (SSSR count). The third-order valence-corrected chi connectivity index (χ3v) is 11.9. The first-order chi connectivity index (χ1) is 25.0. The Morgan fingerprint density at radius 2 is 0.769 bits per heavy atom. The molecule has 0 spiro atoms. The quantitative estimate of drug-likeness (QED) is 0.212. The van der Waals surface area contributed by atoms with Gasteiger partial charge in [-0.3, -0.25) is 20.4 Å². The van der Waals surface area contributed by atoms with Gasteiger partial charge in [-0.2, -0.15) is 0 Å². The predicted octanol–water partition coefficient (Wildman–Crippen LogP) is 2.41. The number of guanidine groups is 2. The molecule has 52 heavy (non-hydrogen) atoms. The van der Waals surface area contributed by atoms with Crippen molar-refractivity contribution >= 4 is 35.9 Å². The molecule has 5 fully saturated rings. The van der Waals surface area contributed by atoms with E-state index < -0.39 is 0 Å². The predicted molar refractivity (Wildman–Crippen MR) is 195 cm³/mol. The van der Waals surface area contributed by atoms with Crippen LogP contribution in [0.25, 0.3) is 0 Å². The standard InChI is InChI=1S/C36H62N10O6/c37-33(38)43-15-11-27(12-16-43)7-9-31(47)41-19-23-45(24-20-41)35(49)51-29-3-1-4-30(6-2-5-29)52-36(50)46-25-21-42(22-26-46)32(48)10-8-28-13-17-44(18-14-28)34(39)40/h27-30H,1-26H2,(H3,37,38)(H3,39,40)/t29-,30+. The van der Waals surface area contributed by atoms with Crippen LogP contribution in [0.3, 0.4) is 0 Å². The van der Waals surface area contributed by atoms with Gasteiger partial charge in [-0.1, -0.05) is 0 Å². The fourth-order valence-electron chi connectivity index (χ4n) is 8.28. The van der Waals surface area contributed by atoms with Crippen LogP contribution >= 0.6 is 0 Å². The number of nitrogens with two attached hydrogens (primary N) is 2.